The summed E-state index contributed by atoms with van der Waals surface area (Å²) in [4.78, 5) is 10.1. The van der Waals surface area contributed by atoms with Crippen LogP contribution in [0.1, 0.15) is 13.8 Å². The van der Waals surface area contributed by atoms with Gasteiger partial charge in [0.1, 0.15) is 0 Å². The van der Waals surface area contributed by atoms with Crippen molar-refractivity contribution in [3.8, 4) is 0 Å². The van der Waals surface area contributed by atoms with Gasteiger partial charge in [0.2, 0.25) is 0 Å². The standard InChI is InChI=1S/C4H7BF3O.K/c1-3(2)4(9)5(6,7)8;/h3H,1-2H3;/q-1;+1. The van der Waals surface area contributed by atoms with Gasteiger partial charge in [-0.15, -0.1) is 0 Å². The van der Waals surface area contributed by atoms with Gasteiger partial charge in [0.05, 0.1) is 5.68 Å². The van der Waals surface area contributed by atoms with Crippen LogP contribution in [0.3, 0.4) is 0 Å². The van der Waals surface area contributed by atoms with Gasteiger partial charge in [0.25, 0.3) is 0 Å². The van der Waals surface area contributed by atoms with Crippen molar-refractivity contribution in [2.75, 3.05) is 0 Å². The molecule has 54 valence electrons. The third-order valence-corrected chi connectivity index (χ3v) is 0.892. The molecule has 10 heavy (non-hydrogen) atoms. The SMILES string of the molecule is CC(C)C(=O)[B-](F)(F)F.[K+]. The second-order valence-electron chi connectivity index (χ2n) is 2.13. The fraction of sp³-hybridized carbons (Fsp3) is 0.750. The maximum absolute atomic E-state index is 11.4. The molecule has 0 heterocycles. The molecule has 0 radical (unpaired) electrons. The van der Waals surface area contributed by atoms with Crippen LogP contribution in [-0.2, 0) is 4.79 Å². The molecular formula is C4H7BF3KO. The molecule has 0 spiro atoms. The quantitative estimate of drug-likeness (QED) is 0.475. The second kappa shape index (κ2) is 4.92. The number of hydrogen-bond acceptors (Lipinski definition) is 1. The summed E-state index contributed by atoms with van der Waals surface area (Å²) in [6.45, 7) is -2.78. The summed E-state index contributed by atoms with van der Waals surface area (Å²) < 4.78 is 34.2. The fourth-order valence-corrected chi connectivity index (χ4v) is 0.378. The normalized spacial score (nSPS) is 11.0. The van der Waals surface area contributed by atoms with Crippen molar-refractivity contribution in [3.05, 3.63) is 0 Å². The van der Waals surface area contributed by atoms with E-state index in [0.29, 0.717) is 0 Å². The molecule has 0 rings (SSSR count). The van der Waals surface area contributed by atoms with Gasteiger partial charge >= 0.3 is 58.4 Å². The molecule has 0 amide bonds. The van der Waals surface area contributed by atoms with E-state index in [2.05, 4.69) is 0 Å². The molecule has 0 fully saturated rings. The number of hydrogen-bond donors (Lipinski definition) is 0. The largest absolute Gasteiger partial charge is 1.00 e. The van der Waals surface area contributed by atoms with E-state index in [1.165, 1.54) is 13.8 Å². The van der Waals surface area contributed by atoms with E-state index in [4.69, 9.17) is 0 Å². The zero-order chi connectivity index (χ0) is 7.65. The smallest absolute Gasteiger partial charge is 0.443 e. The Balaban J connectivity index is 0. The van der Waals surface area contributed by atoms with Gasteiger partial charge in [-0.05, 0) is 5.92 Å². The van der Waals surface area contributed by atoms with E-state index in [1.807, 2.05) is 0 Å². The molecule has 6 heteroatoms. The van der Waals surface area contributed by atoms with E-state index in [9.17, 15) is 17.7 Å². The van der Waals surface area contributed by atoms with Crippen molar-refractivity contribution in [1.29, 1.82) is 0 Å². The Morgan fingerprint density at radius 3 is 1.60 bits per heavy atom. The summed E-state index contributed by atoms with van der Waals surface area (Å²) in [5.74, 6) is -0.926. The summed E-state index contributed by atoms with van der Waals surface area (Å²) in [6.07, 6.45) is 0. The number of carbonyl (C=O) groups is 1. The van der Waals surface area contributed by atoms with Gasteiger partial charge in [0, 0.05) is 0 Å². The Morgan fingerprint density at radius 2 is 1.60 bits per heavy atom. The first kappa shape index (κ1) is 13.7. The predicted octanol–water partition coefficient (Wildman–Crippen LogP) is -1.40. The average molecular weight is 178 g/mol. The zero-order valence-electron chi connectivity index (χ0n) is 6.20. The number of rotatable bonds is 2. The number of carbonyl (C=O) groups excluding carboxylic acids is 1. The van der Waals surface area contributed by atoms with Crippen molar-refractivity contribution in [2.45, 2.75) is 13.8 Å². The van der Waals surface area contributed by atoms with Crippen molar-refractivity contribution in [3.63, 3.8) is 0 Å². The third-order valence-electron chi connectivity index (χ3n) is 0.892. The Labute approximate surface area is 100 Å². The van der Waals surface area contributed by atoms with Crippen LogP contribution in [0.2, 0.25) is 0 Å². The van der Waals surface area contributed by atoms with Crippen LogP contribution in [0.15, 0.2) is 0 Å². The minimum absolute atomic E-state index is 0. The molecule has 0 aliphatic rings. The van der Waals surface area contributed by atoms with Crippen molar-refractivity contribution >= 4 is 12.7 Å². The Hall–Kier alpha value is 1.16. The maximum Gasteiger partial charge on any atom is 1.00 e. The van der Waals surface area contributed by atoms with Crippen LogP contribution in [-0.4, -0.2) is 12.7 Å². The summed E-state index contributed by atoms with van der Waals surface area (Å²) in [6, 6.07) is 0. The molecule has 0 atom stereocenters. The first-order valence-corrected chi connectivity index (χ1v) is 2.59. The summed E-state index contributed by atoms with van der Waals surface area (Å²) in [5, 5.41) is 0. The van der Waals surface area contributed by atoms with Gasteiger partial charge in [-0.1, -0.05) is 13.8 Å². The predicted molar refractivity (Wildman–Crippen MR) is 28.9 cm³/mol. The molecular weight excluding hydrogens is 171 g/mol. The fourth-order valence-electron chi connectivity index (χ4n) is 0.378. The Bertz CT molecular complexity index is 122. The van der Waals surface area contributed by atoms with E-state index in [1.54, 1.807) is 0 Å². The van der Waals surface area contributed by atoms with E-state index in [-0.39, 0.29) is 51.4 Å². The van der Waals surface area contributed by atoms with Crippen LogP contribution < -0.4 is 51.4 Å². The Morgan fingerprint density at radius 1 is 1.30 bits per heavy atom. The van der Waals surface area contributed by atoms with Crippen LogP contribution in [0.4, 0.5) is 12.9 Å². The summed E-state index contributed by atoms with van der Waals surface area (Å²) >= 11 is 0. The molecule has 0 saturated heterocycles. The van der Waals surface area contributed by atoms with Gasteiger partial charge in [0.15, 0.2) is 0 Å². The van der Waals surface area contributed by atoms with Gasteiger partial charge in [-0.25, -0.2) is 0 Å². The first-order chi connectivity index (χ1) is 3.85. The summed E-state index contributed by atoms with van der Waals surface area (Å²) in [7, 11) is 0. The second-order valence-corrected chi connectivity index (χ2v) is 2.13. The molecule has 0 N–H and O–H groups in total. The minimum Gasteiger partial charge on any atom is -0.443 e. The average Bonchev–Trinajstić information content (AvgIpc) is 1.62. The third kappa shape index (κ3) is 4.90. The van der Waals surface area contributed by atoms with Crippen molar-refractivity contribution < 1.29 is 69.1 Å². The van der Waals surface area contributed by atoms with Gasteiger partial charge in [-0.3, -0.25) is 0 Å². The minimum atomic E-state index is -5.25. The molecule has 0 unspecified atom stereocenters. The zero-order valence-corrected chi connectivity index (χ0v) is 9.32. The first-order valence-electron chi connectivity index (χ1n) is 2.59. The maximum atomic E-state index is 11.4. The number of halogens is 3. The molecule has 0 saturated carbocycles. The topological polar surface area (TPSA) is 17.1 Å². The van der Waals surface area contributed by atoms with Crippen molar-refractivity contribution in [1.82, 2.24) is 0 Å². The van der Waals surface area contributed by atoms with E-state index >= 15 is 0 Å². The molecule has 0 aliphatic heterocycles. The van der Waals surface area contributed by atoms with Crippen LogP contribution in [0.25, 0.3) is 0 Å². The van der Waals surface area contributed by atoms with Crippen LogP contribution >= 0.6 is 0 Å². The summed E-state index contributed by atoms with van der Waals surface area (Å²) in [5.41, 5.74) is -1.60. The van der Waals surface area contributed by atoms with Crippen molar-refractivity contribution in [2.24, 2.45) is 5.92 Å². The van der Waals surface area contributed by atoms with Crippen LogP contribution in [0.5, 0.6) is 0 Å². The molecule has 0 bridgehead atoms. The molecule has 1 nitrogen and oxygen atoms in total. The van der Waals surface area contributed by atoms with E-state index in [0.717, 1.165) is 0 Å². The molecule has 0 aromatic heterocycles. The molecule has 0 aromatic carbocycles. The van der Waals surface area contributed by atoms with Gasteiger partial charge < -0.3 is 17.7 Å². The van der Waals surface area contributed by atoms with Crippen LogP contribution in [0, 0.1) is 5.92 Å². The van der Waals surface area contributed by atoms with E-state index < -0.39 is 18.6 Å². The monoisotopic (exact) mass is 178 g/mol. The Kier molecular flexibility index (Phi) is 6.76. The molecule has 0 aliphatic carbocycles. The molecule has 0 aromatic rings. The van der Waals surface area contributed by atoms with Gasteiger partial charge in [-0.2, -0.15) is 0 Å².